The summed E-state index contributed by atoms with van der Waals surface area (Å²) in [7, 11) is 0. The molecule has 0 amide bonds. The lowest BCUT2D eigenvalue weighted by Crippen LogP contribution is -2.41. The molecule has 172 valence electrons. The van der Waals surface area contributed by atoms with E-state index < -0.39 is 0 Å². The van der Waals surface area contributed by atoms with Crippen LogP contribution in [0.3, 0.4) is 0 Å². The highest BCUT2D eigenvalue weighted by atomic mass is 35.5. The van der Waals surface area contributed by atoms with Crippen molar-refractivity contribution in [1.82, 2.24) is 5.32 Å². The molecule has 2 unspecified atom stereocenters. The van der Waals surface area contributed by atoms with Crippen molar-refractivity contribution in [3.05, 3.63) is 108 Å². The quantitative estimate of drug-likeness (QED) is 0.292. The van der Waals surface area contributed by atoms with Gasteiger partial charge in [-0.05, 0) is 47.4 Å². The summed E-state index contributed by atoms with van der Waals surface area (Å²) in [6, 6.07) is 34.0. The number of fused-ring (bicyclic) bond motifs is 3. The monoisotopic (exact) mass is 469 g/mol. The minimum absolute atomic E-state index is 0. The Hall–Kier alpha value is -3.11. The minimum atomic E-state index is 0. The van der Waals surface area contributed by atoms with Gasteiger partial charge in [-0.3, -0.25) is 0 Å². The van der Waals surface area contributed by atoms with Gasteiger partial charge in [-0.1, -0.05) is 84.9 Å². The lowest BCUT2D eigenvalue weighted by Gasteiger charge is -2.33. The maximum Gasteiger partial charge on any atom is 0.135 e. The molecule has 2 heterocycles. The molecule has 1 aromatic heterocycles. The van der Waals surface area contributed by atoms with Crippen LogP contribution in [-0.4, -0.2) is 19.2 Å². The van der Waals surface area contributed by atoms with Crippen molar-refractivity contribution in [2.45, 2.75) is 25.0 Å². The van der Waals surface area contributed by atoms with Crippen molar-refractivity contribution in [1.29, 1.82) is 0 Å². The van der Waals surface area contributed by atoms with Crippen LogP contribution >= 0.6 is 12.4 Å². The van der Waals surface area contributed by atoms with Gasteiger partial charge in [0.1, 0.15) is 11.2 Å². The zero-order chi connectivity index (χ0) is 22.0. The first-order chi connectivity index (χ1) is 16.4. The lowest BCUT2D eigenvalue weighted by molar-refractivity contribution is 0.0109. The van der Waals surface area contributed by atoms with Crippen LogP contribution in [0.15, 0.2) is 101 Å². The van der Waals surface area contributed by atoms with E-state index in [0.29, 0.717) is 12.5 Å². The van der Waals surface area contributed by atoms with Crippen LogP contribution in [0.4, 0.5) is 0 Å². The van der Waals surface area contributed by atoms with Gasteiger partial charge in [-0.25, -0.2) is 0 Å². The third kappa shape index (κ3) is 4.35. The maximum absolute atomic E-state index is 6.53. The molecule has 4 aromatic carbocycles. The first kappa shape index (κ1) is 22.7. The Balaban J connectivity index is 0.00000241. The summed E-state index contributed by atoms with van der Waals surface area (Å²) in [6.07, 6.45) is 1.17. The van der Waals surface area contributed by atoms with Crippen molar-refractivity contribution < 1.29 is 9.15 Å². The molecule has 2 atom stereocenters. The smallest absolute Gasteiger partial charge is 0.135 e. The van der Waals surface area contributed by atoms with Crippen molar-refractivity contribution in [3.8, 4) is 11.1 Å². The summed E-state index contributed by atoms with van der Waals surface area (Å²) in [5.74, 6) is 0.333. The van der Waals surface area contributed by atoms with E-state index in [0.717, 1.165) is 30.7 Å². The van der Waals surface area contributed by atoms with Gasteiger partial charge in [0.25, 0.3) is 0 Å². The highest BCUT2D eigenvalue weighted by Gasteiger charge is 2.29. The molecular formula is C30H28ClNO2. The van der Waals surface area contributed by atoms with Crippen molar-refractivity contribution in [2.24, 2.45) is 0 Å². The molecule has 1 saturated heterocycles. The molecule has 1 aliphatic heterocycles. The van der Waals surface area contributed by atoms with Gasteiger partial charge < -0.3 is 14.5 Å². The molecule has 1 fully saturated rings. The number of rotatable bonds is 5. The number of halogens is 1. The second-order valence-corrected chi connectivity index (χ2v) is 8.83. The molecule has 0 bridgehead atoms. The van der Waals surface area contributed by atoms with Gasteiger partial charge in [-0.15, -0.1) is 12.4 Å². The molecule has 0 radical (unpaired) electrons. The summed E-state index contributed by atoms with van der Waals surface area (Å²) >= 11 is 0. The molecule has 0 saturated carbocycles. The van der Waals surface area contributed by atoms with Gasteiger partial charge >= 0.3 is 0 Å². The number of hydrogen-bond acceptors (Lipinski definition) is 3. The molecule has 0 spiro atoms. The molecule has 0 aliphatic carbocycles. The maximum atomic E-state index is 6.53. The Bertz CT molecular complexity index is 1380. The molecule has 6 rings (SSSR count). The summed E-state index contributed by atoms with van der Waals surface area (Å²) < 4.78 is 12.7. The number of hydrogen-bond donors (Lipinski definition) is 1. The molecular weight excluding hydrogens is 442 g/mol. The molecule has 1 aliphatic rings. The highest BCUT2D eigenvalue weighted by molar-refractivity contribution is 6.06. The Labute approximate surface area is 206 Å². The second-order valence-electron chi connectivity index (χ2n) is 8.83. The predicted octanol–water partition coefficient (Wildman–Crippen LogP) is 7.34. The van der Waals surface area contributed by atoms with E-state index in [2.05, 4.69) is 90.2 Å². The topological polar surface area (TPSA) is 34.4 Å². The Morgan fingerprint density at radius 3 is 2.35 bits per heavy atom. The predicted molar refractivity (Wildman–Crippen MR) is 142 cm³/mol. The van der Waals surface area contributed by atoms with Crippen molar-refractivity contribution in [3.63, 3.8) is 0 Å². The average molecular weight is 470 g/mol. The largest absolute Gasteiger partial charge is 0.456 e. The standard InChI is InChI=1S/C30H27NO2.ClH/c1-2-7-22(8-3-1)23-15-13-21(14-16-23)20-32-29-19-31-18-17-24(29)25-10-6-12-28-30(25)26-9-4-5-11-27(26)33-28;/h1-16,24,29,31H,17-20H2;1H. The van der Waals surface area contributed by atoms with Gasteiger partial charge in [0.05, 0.1) is 12.7 Å². The van der Waals surface area contributed by atoms with Crippen molar-refractivity contribution >= 4 is 34.3 Å². The first-order valence-corrected chi connectivity index (χ1v) is 11.7. The first-order valence-electron chi connectivity index (χ1n) is 11.7. The van der Waals surface area contributed by atoms with Crippen molar-refractivity contribution in [2.75, 3.05) is 13.1 Å². The average Bonchev–Trinajstić information content (AvgIpc) is 3.27. The fourth-order valence-corrected chi connectivity index (χ4v) is 5.10. The number of para-hydroxylation sites is 1. The summed E-state index contributed by atoms with van der Waals surface area (Å²) in [4.78, 5) is 0. The van der Waals surface area contributed by atoms with Gasteiger partial charge in [-0.2, -0.15) is 0 Å². The number of nitrogens with one attached hydrogen (secondary N) is 1. The van der Waals surface area contributed by atoms with Crippen LogP contribution in [0.25, 0.3) is 33.1 Å². The Morgan fingerprint density at radius 2 is 1.50 bits per heavy atom. The third-order valence-corrected chi connectivity index (χ3v) is 6.79. The van der Waals surface area contributed by atoms with Crippen LogP contribution in [0.1, 0.15) is 23.5 Å². The molecule has 3 nitrogen and oxygen atoms in total. The summed E-state index contributed by atoms with van der Waals surface area (Å²) in [5, 5.41) is 5.96. The fraction of sp³-hybridized carbons (Fsp3) is 0.200. The Morgan fingerprint density at radius 1 is 0.765 bits per heavy atom. The number of ether oxygens (including phenoxy) is 1. The van der Waals surface area contributed by atoms with E-state index in [4.69, 9.17) is 9.15 Å². The van der Waals surface area contributed by atoms with Gasteiger partial charge in [0.2, 0.25) is 0 Å². The van der Waals surface area contributed by atoms with Gasteiger partial charge in [0.15, 0.2) is 0 Å². The summed E-state index contributed by atoms with van der Waals surface area (Å²) in [5.41, 5.74) is 6.92. The van der Waals surface area contributed by atoms with E-state index >= 15 is 0 Å². The molecule has 34 heavy (non-hydrogen) atoms. The van der Waals surface area contributed by atoms with E-state index in [-0.39, 0.29) is 18.5 Å². The fourth-order valence-electron chi connectivity index (χ4n) is 5.10. The van der Waals surface area contributed by atoms with E-state index in [1.54, 1.807) is 0 Å². The van der Waals surface area contributed by atoms with Crippen LogP contribution < -0.4 is 5.32 Å². The molecule has 1 N–H and O–H groups in total. The van der Waals surface area contributed by atoms with Crippen LogP contribution in [0, 0.1) is 0 Å². The normalized spacial score (nSPS) is 18.1. The van der Waals surface area contributed by atoms with Crippen LogP contribution in [0.2, 0.25) is 0 Å². The number of furan rings is 1. The number of benzene rings is 4. The SMILES string of the molecule is Cl.c1ccc(-c2ccc(COC3CNCCC3c3cccc4oc5ccccc5c34)cc2)cc1. The Kier molecular flexibility index (Phi) is 6.68. The minimum Gasteiger partial charge on any atom is -0.456 e. The van der Waals surface area contributed by atoms with Crippen LogP contribution in [0.5, 0.6) is 0 Å². The molecule has 4 heteroatoms. The zero-order valence-electron chi connectivity index (χ0n) is 18.9. The lowest BCUT2D eigenvalue weighted by atomic mass is 9.85. The second kappa shape index (κ2) is 10.0. The molecule has 5 aromatic rings. The van der Waals surface area contributed by atoms with Gasteiger partial charge in [0, 0.05) is 23.2 Å². The zero-order valence-corrected chi connectivity index (χ0v) is 19.8. The van der Waals surface area contributed by atoms with Crippen LogP contribution in [-0.2, 0) is 11.3 Å². The third-order valence-electron chi connectivity index (χ3n) is 6.79. The highest BCUT2D eigenvalue weighted by Crippen LogP contribution is 2.38. The summed E-state index contributed by atoms with van der Waals surface area (Å²) in [6.45, 7) is 2.47. The van der Waals surface area contributed by atoms with E-state index in [1.807, 2.05) is 12.1 Å². The van der Waals surface area contributed by atoms with E-state index in [1.165, 1.54) is 33.0 Å². The van der Waals surface area contributed by atoms with E-state index in [9.17, 15) is 0 Å². The number of piperidine rings is 1.